The molecule has 3 nitrogen and oxygen atoms in total. The molecular weight excluding hydrogens is 258 g/mol. The first-order valence-corrected chi connectivity index (χ1v) is 7.95. The van der Waals surface area contributed by atoms with Gasteiger partial charge in [-0.25, -0.2) is 9.78 Å². The van der Waals surface area contributed by atoms with Crippen LogP contribution >= 0.6 is 11.8 Å². The van der Waals surface area contributed by atoms with Gasteiger partial charge in [0.25, 0.3) is 0 Å². The van der Waals surface area contributed by atoms with Crippen LogP contribution in [0, 0.1) is 5.92 Å². The molecule has 0 spiro atoms. The molecule has 1 N–H and O–H groups in total. The first kappa shape index (κ1) is 14.4. The largest absolute Gasteiger partial charge is 0.478 e. The number of hydrogen-bond donors (Lipinski definition) is 1. The van der Waals surface area contributed by atoms with Crippen LogP contribution in [0.4, 0.5) is 0 Å². The summed E-state index contributed by atoms with van der Waals surface area (Å²) in [7, 11) is 0. The number of thioether (sulfide) groups is 1. The van der Waals surface area contributed by atoms with Crippen molar-refractivity contribution in [1.82, 2.24) is 4.98 Å². The van der Waals surface area contributed by atoms with Crippen molar-refractivity contribution in [3.05, 3.63) is 22.9 Å². The molecule has 0 amide bonds. The first-order chi connectivity index (χ1) is 9.08. The van der Waals surface area contributed by atoms with Crippen molar-refractivity contribution in [2.75, 3.05) is 5.75 Å². The van der Waals surface area contributed by atoms with E-state index in [4.69, 9.17) is 0 Å². The van der Waals surface area contributed by atoms with Gasteiger partial charge in [0, 0.05) is 5.69 Å². The summed E-state index contributed by atoms with van der Waals surface area (Å²) in [4.78, 5) is 16.0. The molecule has 19 heavy (non-hydrogen) atoms. The van der Waals surface area contributed by atoms with E-state index in [1.54, 1.807) is 11.8 Å². The summed E-state index contributed by atoms with van der Waals surface area (Å²) in [6, 6.07) is 1.85. The normalized spacial score (nSPS) is 14.5. The molecule has 0 aromatic carbocycles. The van der Waals surface area contributed by atoms with Crippen LogP contribution in [0.15, 0.2) is 11.1 Å². The molecular formula is C15H21NO2S. The van der Waals surface area contributed by atoms with Crippen LogP contribution in [0.2, 0.25) is 0 Å². The predicted octanol–water partition coefficient (Wildman–Crippen LogP) is 3.80. The molecule has 104 valence electrons. The van der Waals surface area contributed by atoms with Crippen LogP contribution in [0.1, 0.15) is 54.7 Å². The lowest BCUT2D eigenvalue weighted by molar-refractivity contribution is 0.0692. The van der Waals surface area contributed by atoms with Gasteiger partial charge in [-0.2, -0.15) is 0 Å². The quantitative estimate of drug-likeness (QED) is 0.833. The van der Waals surface area contributed by atoms with Crippen LogP contribution in [0.5, 0.6) is 0 Å². The van der Waals surface area contributed by atoms with E-state index in [0.717, 1.165) is 42.7 Å². The summed E-state index contributed by atoms with van der Waals surface area (Å²) in [6.45, 7) is 4.36. The SMILES string of the molecule is CC(C)CCSc1nc2c(cc1C(=O)O)CCCC2. The predicted molar refractivity (Wildman–Crippen MR) is 78.0 cm³/mol. The lowest BCUT2D eigenvalue weighted by Gasteiger charge is -2.17. The molecule has 1 aromatic heterocycles. The van der Waals surface area contributed by atoms with Gasteiger partial charge < -0.3 is 5.11 Å². The second kappa shape index (κ2) is 6.42. The van der Waals surface area contributed by atoms with Gasteiger partial charge >= 0.3 is 5.97 Å². The molecule has 0 fully saturated rings. The Morgan fingerprint density at radius 1 is 1.42 bits per heavy atom. The maximum atomic E-state index is 11.4. The minimum Gasteiger partial charge on any atom is -0.478 e. The minimum atomic E-state index is -0.854. The maximum absolute atomic E-state index is 11.4. The van der Waals surface area contributed by atoms with Crippen LogP contribution in [0.3, 0.4) is 0 Å². The van der Waals surface area contributed by atoms with Gasteiger partial charge in [-0.15, -0.1) is 11.8 Å². The average molecular weight is 279 g/mol. The van der Waals surface area contributed by atoms with Crippen LogP contribution < -0.4 is 0 Å². The van der Waals surface area contributed by atoms with E-state index in [9.17, 15) is 9.90 Å². The molecule has 0 aliphatic heterocycles. The Hall–Kier alpha value is -1.03. The van der Waals surface area contributed by atoms with E-state index in [2.05, 4.69) is 18.8 Å². The molecule has 0 saturated heterocycles. The molecule has 0 bridgehead atoms. The molecule has 2 rings (SSSR count). The van der Waals surface area contributed by atoms with E-state index < -0.39 is 5.97 Å². The van der Waals surface area contributed by atoms with Crippen LogP contribution in [0.25, 0.3) is 0 Å². The average Bonchev–Trinajstić information content (AvgIpc) is 2.37. The number of nitrogens with zero attached hydrogens (tertiary/aromatic N) is 1. The Bertz CT molecular complexity index is 471. The second-order valence-corrected chi connectivity index (χ2v) is 6.57. The fraction of sp³-hybridized carbons (Fsp3) is 0.600. The third-order valence-corrected chi connectivity index (χ3v) is 4.45. The zero-order chi connectivity index (χ0) is 13.8. The summed E-state index contributed by atoms with van der Waals surface area (Å²) >= 11 is 1.58. The fourth-order valence-corrected chi connectivity index (χ4v) is 3.53. The van der Waals surface area contributed by atoms with Crippen molar-refractivity contribution < 1.29 is 9.90 Å². The van der Waals surface area contributed by atoms with Crippen molar-refractivity contribution in [3.63, 3.8) is 0 Å². The number of fused-ring (bicyclic) bond motifs is 1. The first-order valence-electron chi connectivity index (χ1n) is 6.97. The summed E-state index contributed by atoms with van der Waals surface area (Å²) < 4.78 is 0. The monoisotopic (exact) mass is 279 g/mol. The number of pyridine rings is 1. The summed E-state index contributed by atoms with van der Waals surface area (Å²) in [5.74, 6) is 0.718. The molecule has 1 aliphatic rings. The standard InChI is InChI=1S/C15H21NO2S/c1-10(2)7-8-19-14-12(15(17)18)9-11-5-3-4-6-13(11)16-14/h9-10H,3-8H2,1-2H3,(H,17,18). The maximum Gasteiger partial charge on any atom is 0.338 e. The fourth-order valence-electron chi connectivity index (χ4n) is 2.27. The van der Waals surface area contributed by atoms with E-state index in [1.807, 2.05) is 6.07 Å². The number of rotatable bonds is 5. The Balaban J connectivity index is 2.21. The van der Waals surface area contributed by atoms with Gasteiger partial charge in [0.1, 0.15) is 5.03 Å². The molecule has 0 saturated carbocycles. The van der Waals surface area contributed by atoms with E-state index >= 15 is 0 Å². The minimum absolute atomic E-state index is 0.384. The topological polar surface area (TPSA) is 50.2 Å². The van der Waals surface area contributed by atoms with E-state index in [-0.39, 0.29) is 0 Å². The van der Waals surface area contributed by atoms with Crippen LogP contribution in [-0.2, 0) is 12.8 Å². The zero-order valence-electron chi connectivity index (χ0n) is 11.6. The van der Waals surface area contributed by atoms with Gasteiger partial charge in [-0.1, -0.05) is 13.8 Å². The number of aryl methyl sites for hydroxylation is 2. The molecule has 0 radical (unpaired) electrons. The van der Waals surface area contributed by atoms with Crippen molar-refractivity contribution in [2.45, 2.75) is 51.0 Å². The van der Waals surface area contributed by atoms with E-state index in [0.29, 0.717) is 16.5 Å². The third kappa shape index (κ3) is 3.72. The Morgan fingerprint density at radius 3 is 2.84 bits per heavy atom. The number of aromatic carboxylic acids is 1. The molecule has 1 aliphatic carbocycles. The molecule has 1 heterocycles. The lowest BCUT2D eigenvalue weighted by atomic mass is 9.95. The Labute approximate surface area is 118 Å². The molecule has 4 heteroatoms. The molecule has 0 atom stereocenters. The Kier molecular flexibility index (Phi) is 4.86. The highest BCUT2D eigenvalue weighted by molar-refractivity contribution is 7.99. The molecule has 0 unspecified atom stereocenters. The van der Waals surface area contributed by atoms with Gasteiger partial charge in [0.05, 0.1) is 5.56 Å². The highest BCUT2D eigenvalue weighted by Gasteiger charge is 2.19. The third-order valence-electron chi connectivity index (χ3n) is 3.43. The summed E-state index contributed by atoms with van der Waals surface area (Å²) in [6.07, 6.45) is 5.37. The summed E-state index contributed by atoms with van der Waals surface area (Å²) in [5, 5.41) is 10.0. The summed E-state index contributed by atoms with van der Waals surface area (Å²) in [5.41, 5.74) is 2.63. The molecule has 1 aromatic rings. The number of carbonyl (C=O) groups is 1. The van der Waals surface area contributed by atoms with Gasteiger partial charge in [0.2, 0.25) is 0 Å². The van der Waals surface area contributed by atoms with Gasteiger partial charge in [-0.05, 0) is 55.4 Å². The number of aromatic nitrogens is 1. The smallest absolute Gasteiger partial charge is 0.338 e. The second-order valence-electron chi connectivity index (χ2n) is 5.49. The van der Waals surface area contributed by atoms with Crippen molar-refractivity contribution >= 4 is 17.7 Å². The zero-order valence-corrected chi connectivity index (χ0v) is 12.4. The highest BCUT2D eigenvalue weighted by atomic mass is 32.2. The highest BCUT2D eigenvalue weighted by Crippen LogP contribution is 2.28. The van der Waals surface area contributed by atoms with Crippen molar-refractivity contribution in [2.24, 2.45) is 5.92 Å². The van der Waals surface area contributed by atoms with Crippen molar-refractivity contribution in [1.29, 1.82) is 0 Å². The van der Waals surface area contributed by atoms with E-state index in [1.165, 1.54) is 6.42 Å². The number of carboxylic acid groups (broad SMARTS) is 1. The number of hydrogen-bond acceptors (Lipinski definition) is 3. The Morgan fingerprint density at radius 2 is 2.16 bits per heavy atom. The van der Waals surface area contributed by atoms with Crippen LogP contribution in [-0.4, -0.2) is 21.8 Å². The van der Waals surface area contributed by atoms with Gasteiger partial charge in [0.15, 0.2) is 0 Å². The van der Waals surface area contributed by atoms with Crippen molar-refractivity contribution in [3.8, 4) is 0 Å². The number of carboxylic acids is 1. The lowest BCUT2D eigenvalue weighted by Crippen LogP contribution is -2.11. The van der Waals surface area contributed by atoms with Gasteiger partial charge in [-0.3, -0.25) is 0 Å².